The van der Waals surface area contributed by atoms with Crippen LogP contribution in [0.15, 0.2) is 18.5 Å². The molecule has 1 aromatic rings. The molecule has 0 N–H and O–H groups in total. The number of hydrogen-bond donors (Lipinski definition) is 0. The number of hydrogen-bond acceptors (Lipinski definition) is 3. The second-order valence-electron chi connectivity index (χ2n) is 4.62. The molecule has 2 heterocycles. The highest BCUT2D eigenvalue weighted by molar-refractivity contribution is 6.17. The van der Waals surface area contributed by atoms with E-state index in [2.05, 4.69) is 16.8 Å². The molecule has 0 amide bonds. The zero-order valence-corrected chi connectivity index (χ0v) is 11.2. The molecular formula is C13H19ClN2O. The highest BCUT2D eigenvalue weighted by Gasteiger charge is 2.26. The standard InChI is InChI=1S/C13H19ClN2O/c1-10-4-6-16(9-13(10)17-2)12-3-5-15-8-11(12)7-14/h3,5,8,10,13H,4,6-7,9H2,1-2H3. The van der Waals surface area contributed by atoms with Crippen molar-refractivity contribution in [2.45, 2.75) is 25.3 Å². The first-order valence-corrected chi connectivity index (χ1v) is 6.56. The van der Waals surface area contributed by atoms with Crippen LogP contribution in [0.25, 0.3) is 0 Å². The molecule has 0 aliphatic carbocycles. The molecule has 4 heteroatoms. The van der Waals surface area contributed by atoms with Gasteiger partial charge >= 0.3 is 0 Å². The van der Waals surface area contributed by atoms with Gasteiger partial charge in [0.15, 0.2) is 0 Å². The molecule has 0 bridgehead atoms. The maximum atomic E-state index is 5.95. The maximum absolute atomic E-state index is 5.95. The number of anilines is 1. The fourth-order valence-electron chi connectivity index (χ4n) is 2.39. The molecule has 3 nitrogen and oxygen atoms in total. The van der Waals surface area contributed by atoms with E-state index in [0.29, 0.717) is 17.9 Å². The molecular weight excluding hydrogens is 236 g/mol. The average Bonchev–Trinajstić information content (AvgIpc) is 2.39. The summed E-state index contributed by atoms with van der Waals surface area (Å²) in [7, 11) is 1.79. The van der Waals surface area contributed by atoms with Gasteiger partial charge in [-0.15, -0.1) is 11.6 Å². The van der Waals surface area contributed by atoms with Crippen LogP contribution in [0.2, 0.25) is 0 Å². The SMILES string of the molecule is COC1CN(c2ccncc2CCl)CCC1C. The van der Waals surface area contributed by atoms with Crippen molar-refractivity contribution >= 4 is 17.3 Å². The number of pyridine rings is 1. The Morgan fingerprint density at radius 1 is 1.59 bits per heavy atom. The van der Waals surface area contributed by atoms with Crippen molar-refractivity contribution in [2.24, 2.45) is 5.92 Å². The third-order valence-corrected chi connectivity index (χ3v) is 3.84. The minimum atomic E-state index is 0.306. The van der Waals surface area contributed by atoms with E-state index in [0.717, 1.165) is 25.1 Å². The van der Waals surface area contributed by atoms with Gasteiger partial charge in [0, 0.05) is 43.8 Å². The highest BCUT2D eigenvalue weighted by Crippen LogP contribution is 2.27. The number of alkyl halides is 1. The van der Waals surface area contributed by atoms with Crippen LogP contribution in [0.3, 0.4) is 0 Å². The Labute approximate surface area is 108 Å². The first-order valence-electron chi connectivity index (χ1n) is 6.03. The Morgan fingerprint density at radius 2 is 2.41 bits per heavy atom. The molecule has 1 fully saturated rings. The smallest absolute Gasteiger partial charge is 0.0772 e. The van der Waals surface area contributed by atoms with Gasteiger partial charge in [0.25, 0.3) is 0 Å². The van der Waals surface area contributed by atoms with Gasteiger partial charge in [0.05, 0.1) is 12.0 Å². The van der Waals surface area contributed by atoms with Crippen molar-refractivity contribution in [1.29, 1.82) is 0 Å². The van der Waals surface area contributed by atoms with Gasteiger partial charge in [-0.3, -0.25) is 4.98 Å². The molecule has 0 saturated carbocycles. The lowest BCUT2D eigenvalue weighted by atomic mass is 9.95. The van der Waals surface area contributed by atoms with Crippen molar-refractivity contribution in [1.82, 2.24) is 4.98 Å². The average molecular weight is 255 g/mol. The van der Waals surface area contributed by atoms with E-state index < -0.39 is 0 Å². The number of rotatable bonds is 3. The number of methoxy groups -OCH3 is 1. The van der Waals surface area contributed by atoms with E-state index in [9.17, 15) is 0 Å². The van der Waals surface area contributed by atoms with Gasteiger partial charge in [-0.05, 0) is 18.4 Å². The maximum Gasteiger partial charge on any atom is 0.0772 e. The van der Waals surface area contributed by atoms with Crippen molar-refractivity contribution < 1.29 is 4.74 Å². The van der Waals surface area contributed by atoms with Crippen LogP contribution in [0.5, 0.6) is 0 Å². The van der Waals surface area contributed by atoms with Gasteiger partial charge in [-0.2, -0.15) is 0 Å². The van der Waals surface area contributed by atoms with Gasteiger partial charge in [-0.25, -0.2) is 0 Å². The second kappa shape index (κ2) is 5.69. The molecule has 94 valence electrons. The van der Waals surface area contributed by atoms with Crippen molar-refractivity contribution in [3.8, 4) is 0 Å². The van der Waals surface area contributed by atoms with Crippen LogP contribution < -0.4 is 4.90 Å². The minimum absolute atomic E-state index is 0.306. The van der Waals surface area contributed by atoms with E-state index in [1.807, 2.05) is 18.5 Å². The van der Waals surface area contributed by atoms with Crippen LogP contribution in [0.1, 0.15) is 18.9 Å². The van der Waals surface area contributed by atoms with Crippen molar-refractivity contribution in [2.75, 3.05) is 25.1 Å². The highest BCUT2D eigenvalue weighted by atomic mass is 35.5. The molecule has 2 unspecified atom stereocenters. The van der Waals surface area contributed by atoms with Crippen LogP contribution >= 0.6 is 11.6 Å². The van der Waals surface area contributed by atoms with Crippen LogP contribution in [0.4, 0.5) is 5.69 Å². The van der Waals surface area contributed by atoms with E-state index in [1.165, 1.54) is 5.69 Å². The molecule has 0 radical (unpaired) electrons. The number of halogens is 1. The summed E-state index contributed by atoms with van der Waals surface area (Å²) in [5, 5.41) is 0. The van der Waals surface area contributed by atoms with Gasteiger partial charge in [0.2, 0.25) is 0 Å². The molecule has 17 heavy (non-hydrogen) atoms. The summed E-state index contributed by atoms with van der Waals surface area (Å²) in [5.41, 5.74) is 2.29. The fourth-order valence-corrected chi connectivity index (χ4v) is 2.60. The molecule has 2 atom stereocenters. The van der Waals surface area contributed by atoms with Crippen LogP contribution in [0, 0.1) is 5.92 Å². The Kier molecular flexibility index (Phi) is 4.24. The quantitative estimate of drug-likeness (QED) is 0.776. The largest absolute Gasteiger partial charge is 0.379 e. The van der Waals surface area contributed by atoms with Gasteiger partial charge in [0.1, 0.15) is 0 Å². The summed E-state index contributed by atoms with van der Waals surface area (Å²) in [4.78, 5) is 6.48. The first kappa shape index (κ1) is 12.7. The molecule has 0 spiro atoms. The van der Waals surface area contributed by atoms with E-state index >= 15 is 0 Å². The third kappa shape index (κ3) is 2.72. The molecule has 0 aromatic carbocycles. The summed E-state index contributed by atoms with van der Waals surface area (Å²) in [6.07, 6.45) is 5.13. The topological polar surface area (TPSA) is 25.4 Å². The summed E-state index contributed by atoms with van der Waals surface area (Å²) in [6, 6.07) is 2.04. The lowest BCUT2D eigenvalue weighted by Crippen LogP contribution is -2.44. The summed E-state index contributed by atoms with van der Waals surface area (Å²) in [6.45, 7) is 4.25. The fraction of sp³-hybridized carbons (Fsp3) is 0.615. The van der Waals surface area contributed by atoms with E-state index in [1.54, 1.807) is 7.11 Å². The Morgan fingerprint density at radius 3 is 3.12 bits per heavy atom. The molecule has 1 aliphatic heterocycles. The van der Waals surface area contributed by atoms with Crippen molar-refractivity contribution in [3.05, 3.63) is 24.0 Å². The lowest BCUT2D eigenvalue weighted by Gasteiger charge is -2.38. The van der Waals surface area contributed by atoms with Gasteiger partial charge < -0.3 is 9.64 Å². The Balaban J connectivity index is 2.17. The second-order valence-corrected chi connectivity index (χ2v) is 4.89. The number of aromatic nitrogens is 1. The molecule has 1 saturated heterocycles. The normalized spacial score (nSPS) is 25.0. The Hall–Kier alpha value is -0.800. The predicted molar refractivity (Wildman–Crippen MR) is 70.6 cm³/mol. The molecule has 1 aliphatic rings. The number of ether oxygens (including phenoxy) is 1. The van der Waals surface area contributed by atoms with Crippen molar-refractivity contribution in [3.63, 3.8) is 0 Å². The first-order chi connectivity index (χ1) is 8.26. The molecule has 1 aromatic heterocycles. The Bertz CT molecular complexity index is 372. The molecule has 2 rings (SSSR count). The lowest BCUT2D eigenvalue weighted by molar-refractivity contribution is 0.0498. The summed E-state index contributed by atoms with van der Waals surface area (Å²) in [5.74, 6) is 1.13. The van der Waals surface area contributed by atoms with E-state index in [-0.39, 0.29) is 0 Å². The van der Waals surface area contributed by atoms with E-state index in [4.69, 9.17) is 16.3 Å². The van der Waals surface area contributed by atoms with Gasteiger partial charge in [-0.1, -0.05) is 6.92 Å². The van der Waals surface area contributed by atoms with Crippen LogP contribution in [-0.4, -0.2) is 31.3 Å². The zero-order chi connectivity index (χ0) is 12.3. The zero-order valence-electron chi connectivity index (χ0n) is 10.4. The third-order valence-electron chi connectivity index (χ3n) is 3.55. The monoisotopic (exact) mass is 254 g/mol. The summed E-state index contributed by atoms with van der Waals surface area (Å²) >= 11 is 5.95. The predicted octanol–water partition coefficient (Wildman–Crippen LogP) is 2.68. The number of nitrogens with zero attached hydrogens (tertiary/aromatic N) is 2. The van der Waals surface area contributed by atoms with Crippen LogP contribution in [-0.2, 0) is 10.6 Å². The number of piperidine rings is 1. The summed E-state index contributed by atoms with van der Waals surface area (Å²) < 4.78 is 5.54. The minimum Gasteiger partial charge on any atom is -0.379 e.